The van der Waals surface area contributed by atoms with Crippen molar-refractivity contribution in [2.45, 2.75) is 5.88 Å². The molecule has 1 aromatic carbocycles. The van der Waals surface area contributed by atoms with E-state index >= 15 is 0 Å². The van der Waals surface area contributed by atoms with Gasteiger partial charge in [-0.3, -0.25) is 0 Å². The molecule has 16 heavy (non-hydrogen) atoms. The summed E-state index contributed by atoms with van der Waals surface area (Å²) in [4.78, 5) is 1.70. The van der Waals surface area contributed by atoms with E-state index in [0.717, 1.165) is 15.7 Å². The fourth-order valence-corrected chi connectivity index (χ4v) is 1.99. The maximum absolute atomic E-state index is 8.70. The van der Waals surface area contributed by atoms with Gasteiger partial charge in [0.1, 0.15) is 13.1 Å². The molecule has 0 amide bonds. The second-order valence-corrected chi connectivity index (χ2v) is 4.26. The topological polar surface area (TPSA) is 50.8 Å². The Kier molecular flexibility index (Phi) is 5.11. The molecule has 1 aromatic rings. The van der Waals surface area contributed by atoms with Crippen LogP contribution in [0.5, 0.6) is 0 Å². The molecule has 0 radical (unpaired) electrons. The van der Waals surface area contributed by atoms with Gasteiger partial charge in [-0.15, -0.1) is 11.6 Å². The summed E-state index contributed by atoms with van der Waals surface area (Å²) in [5.41, 5.74) is 1.74. The number of halogens is 2. The Labute approximate surface area is 108 Å². The Bertz CT molecular complexity index is 432. The quantitative estimate of drug-likeness (QED) is 0.634. The van der Waals surface area contributed by atoms with Crippen molar-refractivity contribution in [1.29, 1.82) is 10.5 Å². The summed E-state index contributed by atoms with van der Waals surface area (Å²) in [6.07, 6.45) is 0. The van der Waals surface area contributed by atoms with Gasteiger partial charge in [0.25, 0.3) is 0 Å². The van der Waals surface area contributed by atoms with Crippen LogP contribution in [0, 0.1) is 22.7 Å². The molecule has 0 heterocycles. The van der Waals surface area contributed by atoms with Crippen molar-refractivity contribution in [3.8, 4) is 12.1 Å². The molecular formula is C11H9BrClN3. The Morgan fingerprint density at radius 3 is 2.38 bits per heavy atom. The van der Waals surface area contributed by atoms with Gasteiger partial charge in [0, 0.05) is 16.0 Å². The van der Waals surface area contributed by atoms with Crippen molar-refractivity contribution in [3.05, 3.63) is 28.2 Å². The molecule has 1 rings (SSSR count). The predicted molar refractivity (Wildman–Crippen MR) is 67.1 cm³/mol. The monoisotopic (exact) mass is 297 g/mol. The molecule has 0 saturated carbocycles. The molecule has 0 aliphatic carbocycles. The summed E-state index contributed by atoms with van der Waals surface area (Å²) >= 11 is 9.19. The van der Waals surface area contributed by atoms with E-state index in [4.69, 9.17) is 22.1 Å². The lowest BCUT2D eigenvalue weighted by molar-refractivity contribution is 0.957. The lowest BCUT2D eigenvalue weighted by Crippen LogP contribution is -2.24. The maximum Gasteiger partial charge on any atom is 0.106 e. The fourth-order valence-electron chi connectivity index (χ4n) is 1.37. The Morgan fingerprint density at radius 1 is 1.25 bits per heavy atom. The van der Waals surface area contributed by atoms with Gasteiger partial charge in [-0.1, -0.05) is 15.9 Å². The summed E-state index contributed by atoms with van der Waals surface area (Å²) in [6.45, 7) is 0.359. The van der Waals surface area contributed by atoms with E-state index in [-0.39, 0.29) is 13.1 Å². The molecule has 5 heteroatoms. The van der Waals surface area contributed by atoms with Crippen molar-refractivity contribution >= 4 is 33.2 Å². The standard InChI is InChI=1S/C11H9BrClN3/c12-10-1-2-11(9(7-10)8-13)16(5-3-14)6-4-15/h1-2,7H,5-6,8H2. The minimum absolute atomic E-state index is 0.180. The molecule has 0 saturated heterocycles. The van der Waals surface area contributed by atoms with Crippen LogP contribution in [0.15, 0.2) is 22.7 Å². The highest BCUT2D eigenvalue weighted by atomic mass is 79.9. The molecule has 0 bridgehead atoms. The summed E-state index contributed by atoms with van der Waals surface area (Å²) in [5, 5.41) is 17.4. The molecule has 0 unspecified atom stereocenters. The third-order valence-electron chi connectivity index (χ3n) is 2.05. The first-order valence-electron chi connectivity index (χ1n) is 4.56. The number of nitriles is 2. The van der Waals surface area contributed by atoms with E-state index in [0.29, 0.717) is 5.88 Å². The van der Waals surface area contributed by atoms with Crippen LogP contribution < -0.4 is 4.90 Å². The van der Waals surface area contributed by atoms with Gasteiger partial charge in [-0.05, 0) is 23.8 Å². The van der Waals surface area contributed by atoms with E-state index in [1.807, 2.05) is 30.3 Å². The number of rotatable bonds is 4. The second-order valence-electron chi connectivity index (χ2n) is 3.08. The fraction of sp³-hybridized carbons (Fsp3) is 0.273. The zero-order valence-electron chi connectivity index (χ0n) is 8.45. The van der Waals surface area contributed by atoms with Gasteiger partial charge in [0.15, 0.2) is 0 Å². The summed E-state index contributed by atoms with van der Waals surface area (Å²) in [7, 11) is 0. The van der Waals surface area contributed by atoms with Crippen molar-refractivity contribution < 1.29 is 0 Å². The van der Waals surface area contributed by atoms with Gasteiger partial charge >= 0.3 is 0 Å². The van der Waals surface area contributed by atoms with E-state index in [1.165, 1.54) is 0 Å². The minimum Gasteiger partial charge on any atom is -0.345 e. The average molecular weight is 299 g/mol. The van der Waals surface area contributed by atoms with Gasteiger partial charge in [0.05, 0.1) is 12.1 Å². The van der Waals surface area contributed by atoms with Gasteiger partial charge in [0.2, 0.25) is 0 Å². The molecule has 3 nitrogen and oxygen atoms in total. The van der Waals surface area contributed by atoms with Gasteiger partial charge in [-0.2, -0.15) is 10.5 Å². The first-order chi connectivity index (χ1) is 7.72. The molecule has 0 aliphatic rings. The van der Waals surface area contributed by atoms with Crippen molar-refractivity contribution in [1.82, 2.24) is 0 Å². The number of hydrogen-bond donors (Lipinski definition) is 0. The summed E-state index contributed by atoms with van der Waals surface area (Å²) in [6, 6.07) is 9.69. The van der Waals surface area contributed by atoms with Gasteiger partial charge < -0.3 is 4.90 Å². The van der Waals surface area contributed by atoms with Crippen LogP contribution in [-0.2, 0) is 5.88 Å². The lowest BCUT2D eigenvalue weighted by atomic mass is 10.2. The zero-order valence-corrected chi connectivity index (χ0v) is 10.8. The molecule has 0 N–H and O–H groups in total. The van der Waals surface area contributed by atoms with E-state index in [9.17, 15) is 0 Å². The first-order valence-corrected chi connectivity index (χ1v) is 5.89. The molecule has 0 aliphatic heterocycles. The lowest BCUT2D eigenvalue weighted by Gasteiger charge is -2.21. The minimum atomic E-state index is 0.180. The van der Waals surface area contributed by atoms with Crippen molar-refractivity contribution in [2.24, 2.45) is 0 Å². The largest absolute Gasteiger partial charge is 0.345 e. The molecule has 0 fully saturated rings. The van der Waals surface area contributed by atoms with Crippen molar-refractivity contribution in [2.75, 3.05) is 18.0 Å². The third kappa shape index (κ3) is 3.13. The van der Waals surface area contributed by atoms with Crippen molar-refractivity contribution in [3.63, 3.8) is 0 Å². The van der Waals surface area contributed by atoms with Crippen LogP contribution in [0.3, 0.4) is 0 Å². The van der Waals surface area contributed by atoms with E-state index < -0.39 is 0 Å². The molecule has 0 spiro atoms. The molecular weight excluding hydrogens is 289 g/mol. The Hall–Kier alpha value is -1.23. The molecule has 0 aromatic heterocycles. The number of nitrogens with zero attached hydrogens (tertiary/aromatic N) is 3. The van der Waals surface area contributed by atoms with Crippen LogP contribution in [-0.4, -0.2) is 13.1 Å². The maximum atomic E-state index is 8.70. The zero-order chi connectivity index (χ0) is 12.0. The van der Waals surface area contributed by atoms with E-state index in [1.54, 1.807) is 4.90 Å². The highest BCUT2D eigenvalue weighted by molar-refractivity contribution is 9.10. The van der Waals surface area contributed by atoms with E-state index in [2.05, 4.69) is 15.9 Å². The second kappa shape index (κ2) is 6.37. The van der Waals surface area contributed by atoms with Crippen LogP contribution in [0.2, 0.25) is 0 Å². The van der Waals surface area contributed by atoms with Crippen LogP contribution in [0.1, 0.15) is 5.56 Å². The number of benzene rings is 1. The summed E-state index contributed by atoms with van der Waals surface area (Å²) in [5.74, 6) is 0.349. The van der Waals surface area contributed by atoms with Crippen LogP contribution >= 0.6 is 27.5 Å². The van der Waals surface area contributed by atoms with Gasteiger partial charge in [-0.25, -0.2) is 0 Å². The van der Waals surface area contributed by atoms with Crippen LogP contribution in [0.25, 0.3) is 0 Å². The first kappa shape index (κ1) is 12.8. The number of hydrogen-bond acceptors (Lipinski definition) is 3. The number of alkyl halides is 1. The molecule has 82 valence electrons. The number of anilines is 1. The normalized spacial score (nSPS) is 9.25. The smallest absolute Gasteiger partial charge is 0.106 e. The van der Waals surface area contributed by atoms with Crippen LogP contribution in [0.4, 0.5) is 5.69 Å². The SMILES string of the molecule is N#CCN(CC#N)c1ccc(Br)cc1CCl. The predicted octanol–water partition coefficient (Wildman–Crippen LogP) is 3.04. The Morgan fingerprint density at radius 2 is 1.88 bits per heavy atom. The highest BCUT2D eigenvalue weighted by Crippen LogP contribution is 2.25. The molecule has 0 atom stereocenters. The third-order valence-corrected chi connectivity index (χ3v) is 2.83. The Balaban J connectivity index is 3.09. The summed E-state index contributed by atoms with van der Waals surface area (Å²) < 4.78 is 0.931. The average Bonchev–Trinajstić information content (AvgIpc) is 2.28. The highest BCUT2D eigenvalue weighted by Gasteiger charge is 2.10.